The van der Waals surface area contributed by atoms with E-state index in [4.69, 9.17) is 9.47 Å². The number of benzene rings is 2. The van der Waals surface area contributed by atoms with Crippen LogP contribution in [0.5, 0.6) is 5.75 Å². The van der Waals surface area contributed by atoms with E-state index in [-0.39, 0.29) is 31.1 Å². The fourth-order valence-electron chi connectivity index (χ4n) is 3.71. The zero-order chi connectivity index (χ0) is 25.6. The molecule has 188 valence electrons. The van der Waals surface area contributed by atoms with Crippen molar-refractivity contribution in [2.24, 2.45) is 0 Å². The number of carbonyl (C=O) groups is 3. The van der Waals surface area contributed by atoms with Crippen molar-refractivity contribution < 1.29 is 42.1 Å². The second kappa shape index (κ2) is 11.2. The minimum Gasteiger partial charge on any atom is -0.489 e. The van der Waals surface area contributed by atoms with Gasteiger partial charge in [0, 0.05) is 0 Å². The molecule has 1 heterocycles. The molecule has 0 aliphatic carbocycles. The van der Waals surface area contributed by atoms with Gasteiger partial charge in [-0.05, 0) is 43.5 Å². The van der Waals surface area contributed by atoms with Gasteiger partial charge in [0.05, 0.1) is 17.9 Å². The highest BCUT2D eigenvalue weighted by Crippen LogP contribution is 2.38. The number of esters is 1. The molecule has 0 radical (unpaired) electrons. The molecule has 0 saturated heterocycles. The average molecular weight is 494 g/mol. The quantitative estimate of drug-likeness (QED) is 0.517. The summed E-state index contributed by atoms with van der Waals surface area (Å²) < 4.78 is 50.5. The summed E-state index contributed by atoms with van der Waals surface area (Å²) in [5.74, 6) is -2.94. The van der Waals surface area contributed by atoms with E-state index in [1.165, 1.54) is 0 Å². The molecule has 11 heteroatoms. The number of aliphatic carboxylic acids is 1. The van der Waals surface area contributed by atoms with Gasteiger partial charge in [-0.15, -0.1) is 0 Å². The molecular weight excluding hydrogens is 469 g/mol. The molecule has 8 nitrogen and oxygen atoms in total. The molecule has 2 aromatic carbocycles. The zero-order valence-electron chi connectivity index (χ0n) is 18.9. The summed E-state index contributed by atoms with van der Waals surface area (Å²) in [5.41, 5.74) is -0.415. The number of aryl methyl sites for hydroxylation is 1. The summed E-state index contributed by atoms with van der Waals surface area (Å²) in [6, 6.07) is 9.67. The zero-order valence-corrected chi connectivity index (χ0v) is 18.9. The van der Waals surface area contributed by atoms with Crippen LogP contribution < -0.4 is 15.0 Å². The molecule has 1 aliphatic heterocycles. The first-order valence-electron chi connectivity index (χ1n) is 10.9. The van der Waals surface area contributed by atoms with E-state index in [0.29, 0.717) is 12.5 Å². The molecule has 0 fully saturated rings. The molecule has 2 atom stereocenters. The third-order valence-corrected chi connectivity index (χ3v) is 5.38. The summed E-state index contributed by atoms with van der Waals surface area (Å²) in [6.45, 7) is 0.529. The van der Waals surface area contributed by atoms with Crippen molar-refractivity contribution in [3.8, 4) is 5.75 Å². The Balaban J connectivity index is 1.87. The Hall–Kier alpha value is -3.60. The molecule has 1 aliphatic rings. The molecule has 1 unspecified atom stereocenters. The Morgan fingerprint density at radius 1 is 1.23 bits per heavy atom. The number of ether oxygens (including phenoxy) is 2. The predicted molar refractivity (Wildman–Crippen MR) is 119 cm³/mol. The van der Waals surface area contributed by atoms with Crippen molar-refractivity contribution in [1.82, 2.24) is 5.32 Å². The van der Waals surface area contributed by atoms with E-state index >= 15 is 0 Å². The van der Waals surface area contributed by atoms with Crippen LogP contribution in [0.2, 0.25) is 0 Å². The smallest absolute Gasteiger partial charge is 0.416 e. The van der Waals surface area contributed by atoms with Crippen LogP contribution in [0.4, 0.5) is 18.9 Å². The first kappa shape index (κ1) is 26.0. The monoisotopic (exact) mass is 494 g/mol. The average Bonchev–Trinajstić information content (AvgIpc) is 2.93. The Morgan fingerprint density at radius 3 is 2.57 bits per heavy atom. The SMILES string of the molecule is CCOC(=O)[C@H](CCc1ccccc1)NC1COc2ccc(C(F)(F)F)cc2N(CC(=O)O)C1=O. The number of nitrogens with one attached hydrogen (secondary N) is 1. The van der Waals surface area contributed by atoms with E-state index in [2.05, 4.69) is 5.32 Å². The van der Waals surface area contributed by atoms with Gasteiger partial charge in [-0.2, -0.15) is 13.2 Å². The molecule has 0 bridgehead atoms. The van der Waals surface area contributed by atoms with E-state index < -0.39 is 48.2 Å². The Bertz CT molecular complexity index is 1060. The highest BCUT2D eigenvalue weighted by atomic mass is 19.4. The number of halogens is 3. The van der Waals surface area contributed by atoms with Crippen LogP contribution in [-0.4, -0.2) is 54.8 Å². The van der Waals surface area contributed by atoms with Crippen molar-refractivity contribution in [1.29, 1.82) is 0 Å². The number of hydrogen-bond donors (Lipinski definition) is 2. The van der Waals surface area contributed by atoms with Gasteiger partial charge in [-0.25, -0.2) is 0 Å². The maximum Gasteiger partial charge on any atom is 0.416 e. The number of carbonyl (C=O) groups excluding carboxylic acids is 2. The lowest BCUT2D eigenvalue weighted by Crippen LogP contribution is -2.55. The van der Waals surface area contributed by atoms with Gasteiger partial charge in [0.2, 0.25) is 5.91 Å². The maximum absolute atomic E-state index is 13.3. The van der Waals surface area contributed by atoms with E-state index in [1.807, 2.05) is 30.3 Å². The molecule has 2 aromatic rings. The Morgan fingerprint density at radius 2 is 1.94 bits per heavy atom. The molecule has 0 saturated carbocycles. The van der Waals surface area contributed by atoms with Gasteiger partial charge in [-0.1, -0.05) is 30.3 Å². The summed E-state index contributed by atoms with van der Waals surface area (Å²) in [7, 11) is 0. The Kier molecular flexibility index (Phi) is 8.34. The van der Waals surface area contributed by atoms with Crippen LogP contribution in [0.3, 0.4) is 0 Å². The highest BCUT2D eigenvalue weighted by Gasteiger charge is 2.38. The first-order valence-corrected chi connectivity index (χ1v) is 10.9. The van der Waals surface area contributed by atoms with Crippen LogP contribution in [0.25, 0.3) is 0 Å². The lowest BCUT2D eigenvalue weighted by molar-refractivity contribution is -0.146. The van der Waals surface area contributed by atoms with Gasteiger partial charge in [0.1, 0.15) is 31.0 Å². The van der Waals surface area contributed by atoms with Gasteiger partial charge in [-0.3, -0.25) is 24.6 Å². The van der Waals surface area contributed by atoms with Crippen LogP contribution >= 0.6 is 0 Å². The van der Waals surface area contributed by atoms with Crippen LogP contribution in [0.1, 0.15) is 24.5 Å². The summed E-state index contributed by atoms with van der Waals surface area (Å²) in [4.78, 5) is 38.0. The molecule has 0 aromatic heterocycles. The third kappa shape index (κ3) is 6.72. The standard InChI is InChI=1S/C24H25F3N2O6/c1-2-34-23(33)17(10-8-15-6-4-3-5-7-15)28-18-14-35-20-11-9-16(24(25,26)27)12-19(20)29(22(18)32)13-21(30)31/h3-7,9,11-12,17-18,28H,2,8,10,13-14H2,1H3,(H,30,31)/t17-,18?/m0/s1. The number of carboxylic acids is 1. The van der Waals surface area contributed by atoms with Crippen LogP contribution in [0, 0.1) is 0 Å². The third-order valence-electron chi connectivity index (χ3n) is 5.38. The van der Waals surface area contributed by atoms with E-state index in [0.717, 1.165) is 22.6 Å². The fraction of sp³-hybridized carbons (Fsp3) is 0.375. The number of amides is 1. The number of nitrogens with zero attached hydrogens (tertiary/aromatic N) is 1. The minimum atomic E-state index is -4.70. The predicted octanol–water partition coefficient (Wildman–Crippen LogP) is 3.04. The van der Waals surface area contributed by atoms with Crippen molar-refractivity contribution >= 4 is 23.5 Å². The van der Waals surface area contributed by atoms with E-state index in [1.54, 1.807) is 6.92 Å². The first-order chi connectivity index (χ1) is 16.6. The molecule has 0 spiro atoms. The van der Waals surface area contributed by atoms with Crippen molar-refractivity contribution in [2.75, 3.05) is 24.7 Å². The molecule has 1 amide bonds. The lowest BCUT2D eigenvalue weighted by atomic mass is 10.0. The van der Waals surface area contributed by atoms with Gasteiger partial charge in [0.25, 0.3) is 0 Å². The van der Waals surface area contributed by atoms with Crippen molar-refractivity contribution in [2.45, 2.75) is 38.0 Å². The second-order valence-electron chi connectivity index (χ2n) is 7.86. The second-order valence-corrected chi connectivity index (χ2v) is 7.86. The summed E-state index contributed by atoms with van der Waals surface area (Å²) in [6.07, 6.45) is -3.97. The fourth-order valence-corrected chi connectivity index (χ4v) is 3.71. The minimum absolute atomic E-state index is 0.0751. The normalized spacial score (nSPS) is 16.6. The molecule has 2 N–H and O–H groups in total. The van der Waals surface area contributed by atoms with Gasteiger partial charge in [0.15, 0.2) is 0 Å². The molecular formula is C24H25F3N2O6. The highest BCUT2D eigenvalue weighted by molar-refractivity contribution is 6.02. The van der Waals surface area contributed by atoms with Crippen LogP contribution in [-0.2, 0) is 31.7 Å². The van der Waals surface area contributed by atoms with E-state index in [9.17, 15) is 32.7 Å². The molecule has 3 rings (SSSR count). The van der Waals surface area contributed by atoms with Gasteiger partial charge >= 0.3 is 18.1 Å². The lowest BCUT2D eigenvalue weighted by Gasteiger charge is -2.26. The largest absolute Gasteiger partial charge is 0.489 e. The topological polar surface area (TPSA) is 105 Å². The number of alkyl halides is 3. The van der Waals surface area contributed by atoms with Crippen LogP contribution in [0.15, 0.2) is 48.5 Å². The van der Waals surface area contributed by atoms with Gasteiger partial charge < -0.3 is 14.6 Å². The number of carboxylic acid groups (broad SMARTS) is 1. The van der Waals surface area contributed by atoms with Crippen molar-refractivity contribution in [3.05, 3.63) is 59.7 Å². The molecule has 35 heavy (non-hydrogen) atoms. The Labute approximate surface area is 199 Å². The summed E-state index contributed by atoms with van der Waals surface area (Å²) in [5, 5.41) is 12.2. The van der Waals surface area contributed by atoms with Crippen molar-refractivity contribution in [3.63, 3.8) is 0 Å². The number of fused-ring (bicyclic) bond motifs is 1. The summed E-state index contributed by atoms with van der Waals surface area (Å²) >= 11 is 0. The number of anilines is 1. The maximum atomic E-state index is 13.3. The number of hydrogen-bond acceptors (Lipinski definition) is 6. The number of rotatable bonds is 9.